The monoisotopic (exact) mass is 344 g/mol. The fourth-order valence-electron chi connectivity index (χ4n) is 2.74. The summed E-state index contributed by atoms with van der Waals surface area (Å²) in [6.07, 6.45) is 3.93. The minimum absolute atomic E-state index is 0.102. The largest absolute Gasteiger partial charge is 0.491 e. The first kappa shape index (κ1) is 17.4. The molecule has 2 heterocycles. The molecule has 25 heavy (non-hydrogen) atoms. The van der Waals surface area contributed by atoms with Gasteiger partial charge in [-0.3, -0.25) is 4.79 Å². The molecule has 2 N–H and O–H groups in total. The summed E-state index contributed by atoms with van der Waals surface area (Å²) >= 11 is 0. The number of furan rings is 1. The maximum absolute atomic E-state index is 12.0. The average Bonchev–Trinajstić information content (AvgIpc) is 3.32. The SMILES string of the molecule is C[C@H](NC(=O)CNc1cccc(OC[C@@H]2CCCO2)c1)c1ccco1. The minimum Gasteiger partial charge on any atom is -0.491 e. The number of anilines is 1. The third-order valence-corrected chi connectivity index (χ3v) is 4.09. The Bertz CT molecular complexity index is 666. The summed E-state index contributed by atoms with van der Waals surface area (Å²) in [6.45, 7) is 3.45. The highest BCUT2D eigenvalue weighted by Gasteiger charge is 2.16. The lowest BCUT2D eigenvalue weighted by Gasteiger charge is -2.14. The molecular formula is C19H24N2O4. The predicted octanol–water partition coefficient (Wildman–Crippen LogP) is 3.13. The number of ether oxygens (including phenoxy) is 2. The van der Waals surface area contributed by atoms with E-state index in [-0.39, 0.29) is 24.6 Å². The zero-order chi connectivity index (χ0) is 17.5. The first-order valence-corrected chi connectivity index (χ1v) is 8.62. The number of hydrogen-bond donors (Lipinski definition) is 2. The summed E-state index contributed by atoms with van der Waals surface area (Å²) in [5.41, 5.74) is 0.839. The van der Waals surface area contributed by atoms with Crippen LogP contribution in [0.5, 0.6) is 5.75 Å². The van der Waals surface area contributed by atoms with E-state index in [1.165, 1.54) is 0 Å². The summed E-state index contributed by atoms with van der Waals surface area (Å²) in [4.78, 5) is 12.0. The second-order valence-corrected chi connectivity index (χ2v) is 6.13. The molecule has 3 rings (SSSR count). The van der Waals surface area contributed by atoms with Crippen molar-refractivity contribution in [2.24, 2.45) is 0 Å². The molecule has 1 aromatic heterocycles. The Hall–Kier alpha value is -2.47. The first-order valence-electron chi connectivity index (χ1n) is 8.62. The molecule has 6 nitrogen and oxygen atoms in total. The summed E-state index contributed by atoms with van der Waals surface area (Å²) in [7, 11) is 0. The number of benzene rings is 1. The zero-order valence-corrected chi connectivity index (χ0v) is 14.4. The Balaban J connectivity index is 1.44. The summed E-state index contributed by atoms with van der Waals surface area (Å²) in [5.74, 6) is 1.40. The maximum Gasteiger partial charge on any atom is 0.239 e. The number of hydrogen-bond acceptors (Lipinski definition) is 5. The molecule has 1 fully saturated rings. The Morgan fingerprint density at radius 1 is 1.36 bits per heavy atom. The fourth-order valence-corrected chi connectivity index (χ4v) is 2.74. The fraction of sp³-hybridized carbons (Fsp3) is 0.421. The lowest BCUT2D eigenvalue weighted by molar-refractivity contribution is -0.120. The highest BCUT2D eigenvalue weighted by atomic mass is 16.5. The minimum atomic E-state index is -0.162. The molecule has 134 valence electrons. The summed E-state index contributed by atoms with van der Waals surface area (Å²) in [5, 5.41) is 6.00. The lowest BCUT2D eigenvalue weighted by Crippen LogP contribution is -2.31. The lowest BCUT2D eigenvalue weighted by atomic mass is 10.2. The van der Waals surface area contributed by atoms with Crippen LogP contribution in [0.25, 0.3) is 0 Å². The topological polar surface area (TPSA) is 72.7 Å². The van der Waals surface area contributed by atoms with Gasteiger partial charge in [-0.1, -0.05) is 6.07 Å². The van der Waals surface area contributed by atoms with Gasteiger partial charge in [0.2, 0.25) is 5.91 Å². The van der Waals surface area contributed by atoms with Crippen LogP contribution in [0.15, 0.2) is 47.1 Å². The molecule has 6 heteroatoms. The molecule has 0 radical (unpaired) electrons. The van der Waals surface area contributed by atoms with Crippen molar-refractivity contribution in [1.29, 1.82) is 0 Å². The van der Waals surface area contributed by atoms with E-state index in [2.05, 4.69) is 10.6 Å². The molecule has 1 saturated heterocycles. The summed E-state index contributed by atoms with van der Waals surface area (Å²) < 4.78 is 16.6. The number of carbonyl (C=O) groups is 1. The van der Waals surface area contributed by atoms with E-state index in [0.717, 1.165) is 36.6 Å². The standard InChI is InChI=1S/C19H24N2O4/c1-14(18-8-4-10-24-18)21-19(22)12-20-15-5-2-6-16(11-15)25-13-17-7-3-9-23-17/h2,4-6,8,10-11,14,17,20H,3,7,9,12-13H2,1H3,(H,21,22)/t14-,17-/m0/s1. The van der Waals surface area contributed by atoms with Crippen LogP contribution >= 0.6 is 0 Å². The second kappa shape index (κ2) is 8.58. The molecule has 1 aromatic carbocycles. The molecule has 0 unspecified atom stereocenters. The number of carbonyl (C=O) groups excluding carboxylic acids is 1. The van der Waals surface area contributed by atoms with E-state index < -0.39 is 0 Å². The van der Waals surface area contributed by atoms with Crippen molar-refractivity contribution in [1.82, 2.24) is 5.32 Å². The van der Waals surface area contributed by atoms with Gasteiger partial charge in [0.15, 0.2) is 0 Å². The first-order chi connectivity index (χ1) is 12.2. The molecule has 1 aliphatic heterocycles. The highest BCUT2D eigenvalue weighted by Crippen LogP contribution is 2.19. The van der Waals surface area contributed by atoms with Crippen molar-refractivity contribution in [2.45, 2.75) is 31.9 Å². The molecule has 2 atom stereocenters. The van der Waals surface area contributed by atoms with Gasteiger partial charge in [-0.15, -0.1) is 0 Å². The van der Waals surface area contributed by atoms with E-state index >= 15 is 0 Å². The van der Waals surface area contributed by atoms with Crippen molar-refractivity contribution in [3.8, 4) is 5.75 Å². The van der Waals surface area contributed by atoms with E-state index in [0.29, 0.717) is 6.61 Å². The Kier molecular flexibility index (Phi) is 5.95. The van der Waals surface area contributed by atoms with Crippen molar-refractivity contribution < 1.29 is 18.7 Å². The van der Waals surface area contributed by atoms with Crippen LogP contribution < -0.4 is 15.4 Å². The van der Waals surface area contributed by atoms with E-state index in [9.17, 15) is 4.79 Å². The van der Waals surface area contributed by atoms with Gasteiger partial charge in [0, 0.05) is 18.4 Å². The average molecular weight is 344 g/mol. The molecule has 0 spiro atoms. The van der Waals surface area contributed by atoms with Gasteiger partial charge in [0.1, 0.15) is 18.1 Å². The molecular weight excluding hydrogens is 320 g/mol. The van der Waals surface area contributed by atoms with Gasteiger partial charge in [0.25, 0.3) is 0 Å². The van der Waals surface area contributed by atoms with Crippen molar-refractivity contribution in [3.05, 3.63) is 48.4 Å². The van der Waals surface area contributed by atoms with Crippen LogP contribution in [0.3, 0.4) is 0 Å². The van der Waals surface area contributed by atoms with Gasteiger partial charge in [-0.25, -0.2) is 0 Å². The van der Waals surface area contributed by atoms with Gasteiger partial charge in [0.05, 0.1) is 25.0 Å². The van der Waals surface area contributed by atoms with Gasteiger partial charge in [-0.2, -0.15) is 0 Å². The van der Waals surface area contributed by atoms with E-state index in [1.54, 1.807) is 12.3 Å². The third-order valence-electron chi connectivity index (χ3n) is 4.09. The molecule has 0 aliphatic carbocycles. The predicted molar refractivity (Wildman–Crippen MR) is 94.7 cm³/mol. The molecule has 0 saturated carbocycles. The van der Waals surface area contributed by atoms with E-state index in [1.807, 2.05) is 37.3 Å². The van der Waals surface area contributed by atoms with Crippen molar-refractivity contribution in [2.75, 3.05) is 25.1 Å². The number of amides is 1. The van der Waals surface area contributed by atoms with Crippen LogP contribution in [0, 0.1) is 0 Å². The normalized spacial score (nSPS) is 17.9. The Morgan fingerprint density at radius 2 is 2.28 bits per heavy atom. The molecule has 1 aliphatic rings. The molecule has 1 amide bonds. The molecule has 0 bridgehead atoms. The maximum atomic E-state index is 12.0. The van der Waals surface area contributed by atoms with Crippen LogP contribution in [0.1, 0.15) is 31.6 Å². The Labute approximate surface area is 147 Å². The van der Waals surface area contributed by atoms with Gasteiger partial charge < -0.3 is 24.5 Å². The summed E-state index contributed by atoms with van der Waals surface area (Å²) in [6, 6.07) is 11.1. The van der Waals surface area contributed by atoms with Gasteiger partial charge >= 0.3 is 0 Å². The van der Waals surface area contributed by atoms with Crippen molar-refractivity contribution in [3.63, 3.8) is 0 Å². The van der Waals surface area contributed by atoms with E-state index in [4.69, 9.17) is 13.9 Å². The Morgan fingerprint density at radius 3 is 3.04 bits per heavy atom. The van der Waals surface area contributed by atoms with Crippen LogP contribution in [-0.4, -0.2) is 31.8 Å². The number of nitrogens with one attached hydrogen (secondary N) is 2. The highest BCUT2D eigenvalue weighted by molar-refractivity contribution is 5.81. The smallest absolute Gasteiger partial charge is 0.239 e. The van der Waals surface area contributed by atoms with Crippen LogP contribution in [-0.2, 0) is 9.53 Å². The quantitative estimate of drug-likeness (QED) is 0.770. The van der Waals surface area contributed by atoms with Crippen molar-refractivity contribution >= 4 is 11.6 Å². The van der Waals surface area contributed by atoms with Crippen LogP contribution in [0.2, 0.25) is 0 Å². The zero-order valence-electron chi connectivity index (χ0n) is 14.4. The molecule has 2 aromatic rings. The third kappa shape index (κ3) is 5.26. The second-order valence-electron chi connectivity index (χ2n) is 6.13. The van der Waals surface area contributed by atoms with Crippen LogP contribution in [0.4, 0.5) is 5.69 Å². The van der Waals surface area contributed by atoms with Gasteiger partial charge in [-0.05, 0) is 44.0 Å². The number of rotatable bonds is 8.